The Kier molecular flexibility index (Phi) is 5.43. The van der Waals surface area contributed by atoms with Crippen molar-refractivity contribution in [3.63, 3.8) is 0 Å². The predicted molar refractivity (Wildman–Crippen MR) is 60.7 cm³/mol. The summed E-state index contributed by atoms with van der Waals surface area (Å²) in [6, 6.07) is 4.26. The Bertz CT molecular complexity index is 246. The van der Waals surface area contributed by atoms with Crippen molar-refractivity contribution >= 4 is 0 Å². The molecule has 1 N–H and O–H groups in total. The number of hydrogen-bond acceptors (Lipinski definition) is 3. The summed E-state index contributed by atoms with van der Waals surface area (Å²) < 4.78 is 5.36. The molecule has 15 heavy (non-hydrogen) atoms. The van der Waals surface area contributed by atoms with E-state index in [-0.39, 0.29) is 0 Å². The molecule has 0 saturated heterocycles. The molecule has 0 aliphatic heterocycles. The van der Waals surface area contributed by atoms with Gasteiger partial charge in [0.1, 0.15) is 5.76 Å². The van der Waals surface area contributed by atoms with Gasteiger partial charge in [-0.15, -0.1) is 0 Å². The van der Waals surface area contributed by atoms with Crippen molar-refractivity contribution in [2.24, 2.45) is 0 Å². The molecule has 86 valence electrons. The first-order valence-corrected chi connectivity index (χ1v) is 5.60. The Balaban J connectivity index is 2.24. The molecule has 1 rings (SSSR count). The molecule has 3 nitrogen and oxygen atoms in total. The molecule has 1 atom stereocenters. The van der Waals surface area contributed by atoms with Gasteiger partial charge in [0.15, 0.2) is 0 Å². The molecule has 0 aliphatic carbocycles. The minimum atomic E-state index is 0.303. The van der Waals surface area contributed by atoms with Crippen LogP contribution in [-0.2, 0) is 0 Å². The molecule has 1 aromatic rings. The summed E-state index contributed by atoms with van der Waals surface area (Å²) in [4.78, 5) is 2.27. The summed E-state index contributed by atoms with van der Waals surface area (Å²) in [5, 5.41) is 8.66. The third kappa shape index (κ3) is 4.06. The molecule has 1 unspecified atom stereocenters. The van der Waals surface area contributed by atoms with E-state index < -0.39 is 0 Å². The molecule has 1 aromatic heterocycles. The minimum absolute atomic E-state index is 0.303. The lowest BCUT2D eigenvalue weighted by atomic mass is 10.2. The SMILES string of the molecule is CC(c1ccco1)N(C)CCCCCO. The molecule has 0 radical (unpaired) electrons. The Labute approximate surface area is 91.7 Å². The normalized spacial score (nSPS) is 13.3. The lowest BCUT2D eigenvalue weighted by Crippen LogP contribution is -2.23. The summed E-state index contributed by atoms with van der Waals surface area (Å²) in [5.41, 5.74) is 0. The van der Waals surface area contributed by atoms with Crippen LogP contribution in [0.3, 0.4) is 0 Å². The fraction of sp³-hybridized carbons (Fsp3) is 0.667. The third-order valence-electron chi connectivity index (χ3n) is 2.79. The Morgan fingerprint density at radius 1 is 1.40 bits per heavy atom. The first-order valence-electron chi connectivity index (χ1n) is 5.60. The van der Waals surface area contributed by atoms with E-state index in [0.717, 1.165) is 31.6 Å². The van der Waals surface area contributed by atoms with Crippen molar-refractivity contribution in [3.8, 4) is 0 Å². The Morgan fingerprint density at radius 3 is 2.80 bits per heavy atom. The molecule has 0 aliphatic rings. The van der Waals surface area contributed by atoms with Gasteiger partial charge in [-0.2, -0.15) is 0 Å². The van der Waals surface area contributed by atoms with Crippen molar-refractivity contribution in [3.05, 3.63) is 24.2 Å². The van der Waals surface area contributed by atoms with Crippen LogP contribution < -0.4 is 0 Å². The van der Waals surface area contributed by atoms with Gasteiger partial charge in [0.25, 0.3) is 0 Å². The maximum absolute atomic E-state index is 8.66. The maximum atomic E-state index is 8.66. The van der Waals surface area contributed by atoms with E-state index in [1.54, 1.807) is 6.26 Å². The highest BCUT2D eigenvalue weighted by molar-refractivity contribution is 5.03. The highest BCUT2D eigenvalue weighted by Crippen LogP contribution is 2.19. The van der Waals surface area contributed by atoms with Crippen LogP contribution in [0.5, 0.6) is 0 Å². The van der Waals surface area contributed by atoms with Gasteiger partial charge in [-0.1, -0.05) is 0 Å². The first-order chi connectivity index (χ1) is 7.25. The van der Waals surface area contributed by atoms with Gasteiger partial charge >= 0.3 is 0 Å². The average molecular weight is 211 g/mol. The summed E-state index contributed by atoms with van der Waals surface area (Å²) >= 11 is 0. The van der Waals surface area contributed by atoms with Crippen molar-refractivity contribution in [2.75, 3.05) is 20.2 Å². The molecular weight excluding hydrogens is 190 g/mol. The van der Waals surface area contributed by atoms with E-state index in [9.17, 15) is 0 Å². The molecule has 0 saturated carbocycles. The topological polar surface area (TPSA) is 36.6 Å². The molecule has 0 fully saturated rings. The molecule has 0 bridgehead atoms. The van der Waals surface area contributed by atoms with E-state index in [0.29, 0.717) is 12.6 Å². The van der Waals surface area contributed by atoms with Crippen molar-refractivity contribution in [2.45, 2.75) is 32.2 Å². The molecule has 3 heteroatoms. The van der Waals surface area contributed by atoms with Gasteiger partial charge in [0, 0.05) is 6.61 Å². The fourth-order valence-electron chi connectivity index (χ4n) is 1.59. The zero-order chi connectivity index (χ0) is 11.1. The smallest absolute Gasteiger partial charge is 0.120 e. The van der Waals surface area contributed by atoms with Gasteiger partial charge < -0.3 is 9.52 Å². The summed E-state index contributed by atoms with van der Waals surface area (Å²) in [7, 11) is 2.10. The zero-order valence-corrected chi connectivity index (χ0v) is 9.65. The highest BCUT2D eigenvalue weighted by Gasteiger charge is 2.12. The van der Waals surface area contributed by atoms with Crippen LogP contribution in [0.25, 0.3) is 0 Å². The summed E-state index contributed by atoms with van der Waals surface area (Å²) in [6.07, 6.45) is 4.84. The number of aliphatic hydroxyl groups excluding tert-OH is 1. The van der Waals surface area contributed by atoms with Crippen LogP contribution >= 0.6 is 0 Å². The second-order valence-corrected chi connectivity index (χ2v) is 3.96. The number of hydrogen-bond donors (Lipinski definition) is 1. The molecule has 1 heterocycles. The first kappa shape index (κ1) is 12.3. The van der Waals surface area contributed by atoms with Crippen LogP contribution in [0.4, 0.5) is 0 Å². The largest absolute Gasteiger partial charge is 0.468 e. The quantitative estimate of drug-likeness (QED) is 0.704. The second kappa shape index (κ2) is 6.64. The van der Waals surface area contributed by atoms with E-state index >= 15 is 0 Å². The number of unbranched alkanes of at least 4 members (excludes halogenated alkanes) is 2. The van der Waals surface area contributed by atoms with Crippen molar-refractivity contribution < 1.29 is 9.52 Å². The average Bonchev–Trinajstić information content (AvgIpc) is 2.76. The van der Waals surface area contributed by atoms with Gasteiger partial charge in [-0.25, -0.2) is 0 Å². The van der Waals surface area contributed by atoms with Gasteiger partial charge in [-0.3, -0.25) is 4.90 Å². The Morgan fingerprint density at radius 2 is 2.20 bits per heavy atom. The standard InChI is InChI=1S/C12H21NO2/c1-11(12-7-6-10-15-12)13(2)8-4-3-5-9-14/h6-7,10-11,14H,3-5,8-9H2,1-2H3. The summed E-state index contributed by atoms with van der Waals surface area (Å²) in [6.45, 7) is 3.49. The summed E-state index contributed by atoms with van der Waals surface area (Å²) in [5.74, 6) is 1.01. The van der Waals surface area contributed by atoms with Crippen LogP contribution in [0.1, 0.15) is 38.0 Å². The van der Waals surface area contributed by atoms with Crippen LogP contribution in [-0.4, -0.2) is 30.2 Å². The van der Waals surface area contributed by atoms with Gasteiger partial charge in [0.05, 0.1) is 12.3 Å². The van der Waals surface area contributed by atoms with Crippen LogP contribution in [0.2, 0.25) is 0 Å². The van der Waals surface area contributed by atoms with E-state index in [1.807, 2.05) is 12.1 Å². The fourth-order valence-corrected chi connectivity index (χ4v) is 1.59. The van der Waals surface area contributed by atoms with Crippen LogP contribution in [0, 0.1) is 0 Å². The molecule has 0 spiro atoms. The predicted octanol–water partition coefficient (Wildman–Crippen LogP) is 2.44. The van der Waals surface area contributed by atoms with Crippen LogP contribution in [0.15, 0.2) is 22.8 Å². The third-order valence-corrected chi connectivity index (χ3v) is 2.79. The number of furan rings is 1. The van der Waals surface area contributed by atoms with E-state index in [1.165, 1.54) is 0 Å². The van der Waals surface area contributed by atoms with Crippen molar-refractivity contribution in [1.82, 2.24) is 4.90 Å². The van der Waals surface area contributed by atoms with E-state index in [2.05, 4.69) is 18.9 Å². The highest BCUT2D eigenvalue weighted by atomic mass is 16.3. The van der Waals surface area contributed by atoms with Crippen molar-refractivity contribution in [1.29, 1.82) is 0 Å². The lowest BCUT2D eigenvalue weighted by molar-refractivity contribution is 0.221. The molecular formula is C12H21NO2. The minimum Gasteiger partial charge on any atom is -0.468 e. The molecule has 0 aromatic carbocycles. The molecule has 0 amide bonds. The maximum Gasteiger partial charge on any atom is 0.120 e. The van der Waals surface area contributed by atoms with Gasteiger partial charge in [0.2, 0.25) is 0 Å². The lowest BCUT2D eigenvalue weighted by Gasteiger charge is -2.22. The number of aliphatic hydroxyl groups is 1. The second-order valence-electron chi connectivity index (χ2n) is 3.96. The Hall–Kier alpha value is -0.800. The zero-order valence-electron chi connectivity index (χ0n) is 9.65. The number of rotatable bonds is 7. The van der Waals surface area contributed by atoms with E-state index in [4.69, 9.17) is 9.52 Å². The van der Waals surface area contributed by atoms with Gasteiger partial charge in [-0.05, 0) is 51.9 Å². The number of nitrogens with zero attached hydrogens (tertiary/aromatic N) is 1. The monoisotopic (exact) mass is 211 g/mol.